The minimum atomic E-state index is 0.624. The lowest BCUT2D eigenvalue weighted by atomic mass is 10.3. The van der Waals surface area contributed by atoms with Gasteiger partial charge in [-0.25, -0.2) is 9.67 Å². The van der Waals surface area contributed by atoms with Gasteiger partial charge < -0.3 is 5.32 Å². The maximum Gasteiger partial charge on any atom is 0.224 e. The SMILES string of the molecule is CCNc1ncc(Br)c(-n2ccc(C3CC3)n2)n1. The van der Waals surface area contributed by atoms with E-state index in [2.05, 4.69) is 42.4 Å². The number of hydrogen-bond donors (Lipinski definition) is 1. The van der Waals surface area contributed by atoms with Gasteiger partial charge >= 0.3 is 0 Å². The van der Waals surface area contributed by atoms with Crippen molar-refractivity contribution in [2.24, 2.45) is 0 Å². The van der Waals surface area contributed by atoms with E-state index in [1.165, 1.54) is 12.8 Å². The first kappa shape index (κ1) is 11.6. The van der Waals surface area contributed by atoms with Crippen molar-refractivity contribution in [3.05, 3.63) is 28.6 Å². The highest BCUT2D eigenvalue weighted by atomic mass is 79.9. The Hall–Kier alpha value is -1.43. The molecule has 0 aliphatic heterocycles. The molecule has 2 heterocycles. The number of hydrogen-bond acceptors (Lipinski definition) is 4. The molecule has 0 spiro atoms. The summed E-state index contributed by atoms with van der Waals surface area (Å²) in [6, 6.07) is 2.07. The van der Waals surface area contributed by atoms with Crippen LogP contribution < -0.4 is 5.32 Å². The molecule has 1 N–H and O–H groups in total. The summed E-state index contributed by atoms with van der Waals surface area (Å²) in [5.74, 6) is 2.05. The second kappa shape index (κ2) is 4.68. The Bertz CT molecular complexity index is 561. The molecule has 0 atom stereocenters. The molecule has 1 saturated carbocycles. The van der Waals surface area contributed by atoms with E-state index in [4.69, 9.17) is 0 Å². The van der Waals surface area contributed by atoms with Crippen LogP contribution in [0.4, 0.5) is 5.95 Å². The van der Waals surface area contributed by atoms with E-state index in [1.54, 1.807) is 10.9 Å². The molecule has 2 aromatic heterocycles. The highest BCUT2D eigenvalue weighted by Crippen LogP contribution is 2.39. The molecular formula is C12H14BrN5. The van der Waals surface area contributed by atoms with E-state index in [0.29, 0.717) is 11.9 Å². The number of nitrogens with zero attached hydrogens (tertiary/aromatic N) is 4. The van der Waals surface area contributed by atoms with Crippen molar-refractivity contribution < 1.29 is 0 Å². The molecule has 6 heteroatoms. The Kier molecular flexibility index (Phi) is 3.03. The molecule has 3 rings (SSSR count). The van der Waals surface area contributed by atoms with Crippen molar-refractivity contribution in [2.75, 3.05) is 11.9 Å². The van der Waals surface area contributed by atoms with Crippen molar-refractivity contribution in [1.29, 1.82) is 0 Å². The van der Waals surface area contributed by atoms with Gasteiger partial charge in [0.1, 0.15) is 0 Å². The zero-order chi connectivity index (χ0) is 12.5. The number of anilines is 1. The van der Waals surface area contributed by atoms with E-state index < -0.39 is 0 Å². The van der Waals surface area contributed by atoms with Crippen LogP contribution in [-0.4, -0.2) is 26.3 Å². The summed E-state index contributed by atoms with van der Waals surface area (Å²) < 4.78 is 2.65. The third-order valence-electron chi connectivity index (χ3n) is 2.88. The first-order chi connectivity index (χ1) is 8.78. The van der Waals surface area contributed by atoms with Gasteiger partial charge in [0.25, 0.3) is 0 Å². The number of aromatic nitrogens is 4. The summed E-state index contributed by atoms with van der Waals surface area (Å²) >= 11 is 3.47. The van der Waals surface area contributed by atoms with E-state index in [-0.39, 0.29) is 0 Å². The Balaban J connectivity index is 1.95. The van der Waals surface area contributed by atoms with E-state index in [1.807, 2.05) is 13.1 Å². The van der Waals surface area contributed by atoms with Crippen LogP contribution in [0, 0.1) is 0 Å². The summed E-state index contributed by atoms with van der Waals surface area (Å²) in [5.41, 5.74) is 1.16. The zero-order valence-corrected chi connectivity index (χ0v) is 11.7. The van der Waals surface area contributed by atoms with Gasteiger partial charge in [0.2, 0.25) is 5.95 Å². The molecule has 1 aliphatic rings. The van der Waals surface area contributed by atoms with Crippen molar-refractivity contribution in [3.8, 4) is 5.82 Å². The third kappa shape index (κ3) is 2.25. The molecule has 0 radical (unpaired) electrons. The smallest absolute Gasteiger partial charge is 0.224 e. The van der Waals surface area contributed by atoms with Crippen molar-refractivity contribution >= 4 is 21.9 Å². The molecule has 1 fully saturated rings. The summed E-state index contributed by atoms with van der Waals surface area (Å²) in [4.78, 5) is 8.65. The van der Waals surface area contributed by atoms with Gasteiger partial charge in [-0.3, -0.25) is 0 Å². The first-order valence-electron chi connectivity index (χ1n) is 6.10. The maximum absolute atomic E-state index is 4.57. The fourth-order valence-corrected chi connectivity index (χ4v) is 2.19. The van der Waals surface area contributed by atoms with Crippen LogP contribution in [-0.2, 0) is 0 Å². The molecule has 0 unspecified atom stereocenters. The van der Waals surface area contributed by atoms with Gasteiger partial charge in [0.05, 0.1) is 10.2 Å². The molecule has 2 aromatic rings. The highest BCUT2D eigenvalue weighted by molar-refractivity contribution is 9.10. The van der Waals surface area contributed by atoms with E-state index >= 15 is 0 Å². The quantitative estimate of drug-likeness (QED) is 0.943. The van der Waals surface area contributed by atoms with E-state index in [9.17, 15) is 0 Å². The molecule has 94 valence electrons. The second-order valence-electron chi connectivity index (χ2n) is 4.35. The predicted octanol–water partition coefficient (Wildman–Crippen LogP) is 2.73. The molecule has 0 bridgehead atoms. The van der Waals surface area contributed by atoms with Gasteiger partial charge in [-0.1, -0.05) is 0 Å². The average molecular weight is 308 g/mol. The lowest BCUT2D eigenvalue weighted by molar-refractivity contribution is 0.803. The average Bonchev–Trinajstić information content (AvgIpc) is 3.11. The Labute approximate surface area is 114 Å². The zero-order valence-electron chi connectivity index (χ0n) is 10.1. The normalized spacial score (nSPS) is 14.8. The predicted molar refractivity (Wildman–Crippen MR) is 73.0 cm³/mol. The Morgan fingerprint density at radius 1 is 1.50 bits per heavy atom. The van der Waals surface area contributed by atoms with Crippen LogP contribution in [0.2, 0.25) is 0 Å². The molecule has 18 heavy (non-hydrogen) atoms. The van der Waals surface area contributed by atoms with Crippen molar-refractivity contribution in [3.63, 3.8) is 0 Å². The van der Waals surface area contributed by atoms with Crippen molar-refractivity contribution in [1.82, 2.24) is 19.7 Å². The minimum absolute atomic E-state index is 0.624. The van der Waals surface area contributed by atoms with Crippen molar-refractivity contribution in [2.45, 2.75) is 25.7 Å². The molecule has 1 aliphatic carbocycles. The molecule has 0 aromatic carbocycles. The number of rotatable bonds is 4. The van der Waals surface area contributed by atoms with Crippen LogP contribution in [0.25, 0.3) is 5.82 Å². The van der Waals surface area contributed by atoms with Crippen LogP contribution in [0.1, 0.15) is 31.4 Å². The van der Waals surface area contributed by atoms with Gasteiger partial charge in [-0.2, -0.15) is 10.1 Å². The summed E-state index contributed by atoms with van der Waals surface area (Å²) in [6.07, 6.45) is 6.21. The number of halogens is 1. The van der Waals surface area contributed by atoms with Crippen LogP contribution >= 0.6 is 15.9 Å². The molecule has 5 nitrogen and oxygen atoms in total. The molecule has 0 amide bonds. The second-order valence-corrected chi connectivity index (χ2v) is 5.21. The van der Waals surface area contributed by atoms with Gasteiger partial charge in [0, 0.05) is 24.9 Å². The maximum atomic E-state index is 4.57. The summed E-state index contributed by atoms with van der Waals surface area (Å²) in [7, 11) is 0. The van der Waals surface area contributed by atoms with Gasteiger partial charge in [0.15, 0.2) is 5.82 Å². The fraction of sp³-hybridized carbons (Fsp3) is 0.417. The van der Waals surface area contributed by atoms with Crippen LogP contribution in [0.5, 0.6) is 0 Å². The lowest BCUT2D eigenvalue weighted by Crippen LogP contribution is -2.07. The van der Waals surface area contributed by atoms with Gasteiger partial charge in [-0.05, 0) is 41.8 Å². The third-order valence-corrected chi connectivity index (χ3v) is 3.44. The first-order valence-corrected chi connectivity index (χ1v) is 6.89. The van der Waals surface area contributed by atoms with Crippen LogP contribution in [0.15, 0.2) is 22.9 Å². The Morgan fingerprint density at radius 3 is 3.06 bits per heavy atom. The fourth-order valence-electron chi connectivity index (χ4n) is 1.81. The monoisotopic (exact) mass is 307 g/mol. The molecule has 0 saturated heterocycles. The lowest BCUT2D eigenvalue weighted by Gasteiger charge is -2.06. The topological polar surface area (TPSA) is 55.6 Å². The number of nitrogens with one attached hydrogen (secondary N) is 1. The molecular weight excluding hydrogens is 294 g/mol. The van der Waals surface area contributed by atoms with Gasteiger partial charge in [-0.15, -0.1) is 0 Å². The largest absolute Gasteiger partial charge is 0.354 e. The highest BCUT2D eigenvalue weighted by Gasteiger charge is 2.26. The van der Waals surface area contributed by atoms with Crippen LogP contribution in [0.3, 0.4) is 0 Å². The van der Waals surface area contributed by atoms with E-state index in [0.717, 1.165) is 22.5 Å². The summed E-state index contributed by atoms with van der Waals surface area (Å²) in [5, 5.41) is 7.68. The summed E-state index contributed by atoms with van der Waals surface area (Å²) in [6.45, 7) is 2.82. The Morgan fingerprint density at radius 2 is 2.33 bits per heavy atom. The standard InChI is InChI=1S/C12H14BrN5/c1-2-14-12-15-7-9(13)11(16-12)18-6-5-10(17-18)8-3-4-8/h5-8H,2-4H2,1H3,(H,14,15,16). The minimum Gasteiger partial charge on any atom is -0.354 e.